The third kappa shape index (κ3) is 3.42. The van der Waals surface area contributed by atoms with E-state index in [0.29, 0.717) is 0 Å². The van der Waals surface area contributed by atoms with Gasteiger partial charge in [0.1, 0.15) is 5.69 Å². The molecule has 7 heteroatoms. The number of hydrogen-bond acceptors (Lipinski definition) is 5. The maximum absolute atomic E-state index is 4.61. The molecule has 2 aliphatic rings. The number of nitrogens with zero attached hydrogens (tertiary/aromatic N) is 3. The quantitative estimate of drug-likeness (QED) is 0.258. The van der Waals surface area contributed by atoms with E-state index < -0.39 is 0 Å². The molecule has 4 aromatic heterocycles. The van der Waals surface area contributed by atoms with Crippen molar-refractivity contribution >= 4 is 80.9 Å². The first-order chi connectivity index (χ1) is 16.7. The van der Waals surface area contributed by atoms with E-state index in [-0.39, 0.29) is 0 Å². The molecule has 0 fully saturated rings. The Labute approximate surface area is 203 Å². The van der Waals surface area contributed by atoms with Crippen molar-refractivity contribution in [1.82, 2.24) is 25.1 Å². The lowest BCUT2D eigenvalue weighted by Gasteiger charge is -1.93. The van der Waals surface area contributed by atoms with Gasteiger partial charge in [-0.1, -0.05) is 19.2 Å². The molecule has 0 amide bonds. The highest BCUT2D eigenvalue weighted by Gasteiger charge is 2.12. The van der Waals surface area contributed by atoms with Gasteiger partial charge in [0.25, 0.3) is 0 Å². The van der Waals surface area contributed by atoms with Gasteiger partial charge in [-0.25, -0.2) is 0 Å². The van der Waals surface area contributed by atoms with E-state index in [9.17, 15) is 0 Å². The Morgan fingerprint density at radius 1 is 0.735 bits per heavy atom. The van der Waals surface area contributed by atoms with Gasteiger partial charge in [-0.05, 0) is 42.5 Å². The number of aromatic amines is 2. The zero-order valence-electron chi connectivity index (χ0n) is 18.1. The standard InChI is InChI=1S/C27H19N5S2/c1-3-22-17(20-12-33-14-26(20)29-22)7-5-16-6-8-19-24(31-32-25(19)11-28-16)10-9-18-21-13-34-15-27(21)30-23(18)4-2/h3-15,29-30H,1-2H2/b7-5+,10-9+. The zero-order valence-corrected chi connectivity index (χ0v) is 19.7. The van der Waals surface area contributed by atoms with Crippen LogP contribution in [0.15, 0.2) is 53.0 Å². The van der Waals surface area contributed by atoms with Crippen LogP contribution in [0.5, 0.6) is 0 Å². The minimum Gasteiger partial charge on any atom is -0.354 e. The fourth-order valence-electron chi connectivity index (χ4n) is 4.11. The second-order valence-corrected chi connectivity index (χ2v) is 9.27. The van der Waals surface area contributed by atoms with Gasteiger partial charge >= 0.3 is 0 Å². The van der Waals surface area contributed by atoms with Crippen LogP contribution in [0, 0.1) is 0 Å². The molecule has 4 aromatic rings. The molecule has 2 N–H and O–H groups in total. The van der Waals surface area contributed by atoms with Gasteiger partial charge in [0.15, 0.2) is 0 Å². The summed E-state index contributed by atoms with van der Waals surface area (Å²) in [6.07, 6.45) is 13.6. The van der Waals surface area contributed by atoms with Crippen molar-refractivity contribution in [2.24, 2.45) is 0 Å². The maximum Gasteiger partial charge on any atom is 0.113 e. The SMILES string of the molecule is C=Cc1[nH]c2cscc2c1/C=C/c1ccc2c(/C=C/c3c(C=C)[nH]c4cscc34)nnc-2cn1. The second-order valence-electron chi connectivity index (χ2n) is 7.78. The fraction of sp³-hybridized carbons (Fsp3) is 0. The summed E-state index contributed by atoms with van der Waals surface area (Å²) in [5.41, 5.74) is 9.83. The first kappa shape index (κ1) is 20.5. The lowest BCUT2D eigenvalue weighted by Crippen LogP contribution is -1.77. The number of thiophene rings is 2. The van der Waals surface area contributed by atoms with Crippen LogP contribution in [0.2, 0.25) is 0 Å². The Balaban J connectivity index is 1.34. The van der Waals surface area contributed by atoms with Gasteiger partial charge in [-0.3, -0.25) is 4.98 Å². The molecule has 6 heterocycles. The number of H-pyrrole nitrogens is 2. The van der Waals surface area contributed by atoms with Crippen molar-refractivity contribution < 1.29 is 0 Å². The molecule has 0 bridgehead atoms. The van der Waals surface area contributed by atoms with Crippen molar-refractivity contribution in [2.45, 2.75) is 0 Å². The monoisotopic (exact) mass is 477 g/mol. The van der Waals surface area contributed by atoms with E-state index in [4.69, 9.17) is 0 Å². The molecule has 0 aliphatic carbocycles. The highest BCUT2D eigenvalue weighted by Crippen LogP contribution is 2.31. The third-order valence-electron chi connectivity index (χ3n) is 5.83. The second kappa shape index (κ2) is 8.37. The summed E-state index contributed by atoms with van der Waals surface area (Å²) in [5, 5.41) is 19.6. The van der Waals surface area contributed by atoms with Crippen LogP contribution in [0.4, 0.5) is 0 Å². The summed E-state index contributed by atoms with van der Waals surface area (Å²) in [7, 11) is 0. The van der Waals surface area contributed by atoms with Crippen LogP contribution in [0.1, 0.15) is 33.9 Å². The van der Waals surface area contributed by atoms with Crippen molar-refractivity contribution in [3.8, 4) is 11.3 Å². The Morgan fingerprint density at radius 2 is 1.38 bits per heavy atom. The van der Waals surface area contributed by atoms with E-state index in [1.807, 2.05) is 36.4 Å². The smallest absolute Gasteiger partial charge is 0.113 e. The predicted octanol–water partition coefficient (Wildman–Crippen LogP) is 7.69. The molecule has 164 valence electrons. The lowest BCUT2D eigenvalue weighted by molar-refractivity contribution is 1.08. The summed E-state index contributed by atoms with van der Waals surface area (Å²) >= 11 is 3.36. The van der Waals surface area contributed by atoms with Crippen LogP contribution in [0.25, 0.3) is 69.5 Å². The third-order valence-corrected chi connectivity index (χ3v) is 7.32. The van der Waals surface area contributed by atoms with Crippen LogP contribution in [-0.4, -0.2) is 25.1 Å². The van der Waals surface area contributed by atoms with Gasteiger partial charge in [-0.15, -0.1) is 32.9 Å². The molecule has 0 saturated heterocycles. The molecule has 34 heavy (non-hydrogen) atoms. The maximum atomic E-state index is 4.61. The van der Waals surface area contributed by atoms with E-state index in [0.717, 1.165) is 56.2 Å². The summed E-state index contributed by atoms with van der Waals surface area (Å²) in [4.78, 5) is 11.4. The number of nitrogens with one attached hydrogen (secondary N) is 2. The summed E-state index contributed by atoms with van der Waals surface area (Å²) in [6.45, 7) is 7.85. The van der Waals surface area contributed by atoms with Crippen LogP contribution in [0.3, 0.4) is 0 Å². The van der Waals surface area contributed by atoms with E-state index in [1.54, 1.807) is 28.9 Å². The van der Waals surface area contributed by atoms with Gasteiger partial charge < -0.3 is 9.97 Å². The Kier molecular flexibility index (Phi) is 5.05. The number of hydrogen-bond donors (Lipinski definition) is 2. The van der Waals surface area contributed by atoms with E-state index in [1.165, 1.54) is 10.8 Å². The Morgan fingerprint density at radius 3 is 2.03 bits per heavy atom. The highest BCUT2D eigenvalue weighted by atomic mass is 32.1. The normalized spacial score (nSPS) is 12.1. The minimum absolute atomic E-state index is 0.756. The van der Waals surface area contributed by atoms with Gasteiger partial charge in [-0.2, -0.15) is 0 Å². The first-order valence-electron chi connectivity index (χ1n) is 10.6. The van der Waals surface area contributed by atoms with E-state index >= 15 is 0 Å². The van der Waals surface area contributed by atoms with E-state index in [2.05, 4.69) is 72.0 Å². The van der Waals surface area contributed by atoms with Crippen molar-refractivity contribution in [2.75, 3.05) is 0 Å². The average molecular weight is 478 g/mol. The largest absolute Gasteiger partial charge is 0.354 e. The molecular weight excluding hydrogens is 458 g/mol. The zero-order chi connectivity index (χ0) is 23.1. The van der Waals surface area contributed by atoms with Gasteiger partial charge in [0, 0.05) is 60.4 Å². The number of rotatable bonds is 6. The highest BCUT2D eigenvalue weighted by molar-refractivity contribution is 7.09. The van der Waals surface area contributed by atoms with Crippen molar-refractivity contribution in [3.05, 3.63) is 86.9 Å². The molecule has 0 radical (unpaired) electrons. The number of aromatic nitrogens is 5. The predicted molar refractivity (Wildman–Crippen MR) is 147 cm³/mol. The van der Waals surface area contributed by atoms with Crippen LogP contribution < -0.4 is 0 Å². The van der Waals surface area contributed by atoms with Crippen LogP contribution in [-0.2, 0) is 0 Å². The topological polar surface area (TPSA) is 70.2 Å². The van der Waals surface area contributed by atoms with Crippen molar-refractivity contribution in [3.63, 3.8) is 0 Å². The molecule has 0 unspecified atom stereocenters. The first-order valence-corrected chi connectivity index (χ1v) is 12.5. The molecule has 0 atom stereocenters. The fourth-order valence-corrected chi connectivity index (χ4v) is 5.67. The average Bonchev–Trinajstić information content (AvgIpc) is 3.64. The molecule has 2 aliphatic heterocycles. The minimum atomic E-state index is 0.756. The molecule has 0 aromatic carbocycles. The Bertz CT molecular complexity index is 1710. The molecule has 6 rings (SSSR count). The van der Waals surface area contributed by atoms with Crippen molar-refractivity contribution in [1.29, 1.82) is 0 Å². The molecule has 0 saturated carbocycles. The van der Waals surface area contributed by atoms with Crippen LogP contribution >= 0.6 is 22.7 Å². The lowest BCUT2D eigenvalue weighted by atomic mass is 10.1. The molecule has 0 spiro atoms. The summed E-state index contributed by atoms with van der Waals surface area (Å²) in [6, 6.07) is 4.02. The molecule has 5 nitrogen and oxygen atoms in total. The number of fused-ring (bicyclic) bond motifs is 3. The summed E-state index contributed by atoms with van der Waals surface area (Å²) in [5.74, 6) is 0. The molecular formula is C27H19N5S2. The van der Waals surface area contributed by atoms with Gasteiger partial charge in [0.2, 0.25) is 0 Å². The Hall–Kier alpha value is -4.07. The summed E-state index contributed by atoms with van der Waals surface area (Å²) < 4.78 is 0. The van der Waals surface area contributed by atoms with Gasteiger partial charge in [0.05, 0.1) is 28.6 Å².